The Labute approximate surface area is 97.5 Å². The Morgan fingerprint density at radius 3 is 2.38 bits per heavy atom. The van der Waals surface area contributed by atoms with Gasteiger partial charge in [0.15, 0.2) is 0 Å². The molecule has 0 amide bonds. The summed E-state index contributed by atoms with van der Waals surface area (Å²) in [7, 11) is 0. The van der Waals surface area contributed by atoms with Crippen molar-refractivity contribution in [2.45, 2.75) is 6.18 Å². The lowest BCUT2D eigenvalue weighted by Crippen LogP contribution is -2.20. The van der Waals surface area contributed by atoms with Gasteiger partial charge in [-0.15, -0.1) is 0 Å². The van der Waals surface area contributed by atoms with E-state index >= 15 is 0 Å². The van der Waals surface area contributed by atoms with Crippen LogP contribution in [-0.4, -0.2) is 17.1 Å². The fraction of sp³-hybridized carbons (Fsp3) is 0.100. The number of hydrogen-bond donors (Lipinski definition) is 1. The Hall–Kier alpha value is -1.30. The molecule has 1 N–H and O–H groups in total. The minimum absolute atomic E-state index is 0.125. The average molecular weight is 295 g/mol. The van der Waals surface area contributed by atoms with E-state index in [1.54, 1.807) is 6.07 Å². The van der Waals surface area contributed by atoms with Crippen molar-refractivity contribution < 1.29 is 23.1 Å². The first-order chi connectivity index (χ1) is 7.32. The molecule has 0 aromatic heterocycles. The van der Waals surface area contributed by atoms with Crippen molar-refractivity contribution in [1.29, 1.82) is 0 Å². The van der Waals surface area contributed by atoms with Gasteiger partial charge in [-0.1, -0.05) is 34.1 Å². The van der Waals surface area contributed by atoms with Gasteiger partial charge < -0.3 is 5.11 Å². The lowest BCUT2D eigenvalue weighted by Gasteiger charge is -2.04. The van der Waals surface area contributed by atoms with Crippen LogP contribution >= 0.6 is 15.9 Å². The molecule has 1 aromatic carbocycles. The van der Waals surface area contributed by atoms with Crippen molar-refractivity contribution in [3.05, 3.63) is 40.4 Å². The van der Waals surface area contributed by atoms with Crippen LogP contribution in [0.4, 0.5) is 13.2 Å². The lowest BCUT2D eigenvalue weighted by atomic mass is 10.1. The number of allylic oxidation sites excluding steroid dienone is 1. The van der Waals surface area contributed by atoms with Gasteiger partial charge in [-0.25, -0.2) is 0 Å². The summed E-state index contributed by atoms with van der Waals surface area (Å²) >= 11 is 3.04. The molecule has 0 saturated heterocycles. The maximum absolute atomic E-state index is 11.9. The van der Waals surface area contributed by atoms with Crippen LogP contribution in [0.1, 0.15) is 5.56 Å². The normalized spacial score (nSPS) is 12.6. The number of aliphatic hydroxyl groups is 1. The fourth-order valence-corrected chi connectivity index (χ4v) is 1.44. The molecule has 0 aliphatic rings. The third-order valence-electron chi connectivity index (χ3n) is 1.70. The first kappa shape index (κ1) is 12.8. The number of carbonyl (C=O) groups is 1. The first-order valence-corrected chi connectivity index (χ1v) is 4.88. The average Bonchev–Trinajstić information content (AvgIpc) is 2.16. The molecule has 0 saturated carbocycles. The third-order valence-corrected chi connectivity index (χ3v) is 2.39. The molecule has 1 rings (SSSR count). The molecular formula is C10H6BrF3O2. The molecular weight excluding hydrogens is 289 g/mol. The Balaban J connectivity index is 3.04. The van der Waals surface area contributed by atoms with Crippen molar-refractivity contribution in [3.8, 4) is 0 Å². The zero-order chi connectivity index (χ0) is 12.3. The second-order valence-corrected chi connectivity index (χ2v) is 3.73. The third kappa shape index (κ3) is 3.10. The Kier molecular flexibility index (Phi) is 3.74. The molecule has 6 heteroatoms. The van der Waals surface area contributed by atoms with Gasteiger partial charge in [-0.2, -0.15) is 13.2 Å². The monoisotopic (exact) mass is 294 g/mol. The molecule has 0 radical (unpaired) electrons. The highest BCUT2D eigenvalue weighted by molar-refractivity contribution is 9.10. The van der Waals surface area contributed by atoms with Gasteiger partial charge in [0, 0.05) is 16.1 Å². The van der Waals surface area contributed by atoms with Gasteiger partial charge in [0.1, 0.15) is 5.76 Å². The van der Waals surface area contributed by atoms with Crippen LogP contribution < -0.4 is 0 Å². The van der Waals surface area contributed by atoms with E-state index in [1.165, 1.54) is 18.2 Å². The molecule has 0 aliphatic carbocycles. The summed E-state index contributed by atoms with van der Waals surface area (Å²) in [5.74, 6) is -2.82. The van der Waals surface area contributed by atoms with Crippen LogP contribution in [0.2, 0.25) is 0 Å². The van der Waals surface area contributed by atoms with Crippen molar-refractivity contribution in [2.24, 2.45) is 0 Å². The number of ketones is 1. The maximum Gasteiger partial charge on any atom is 0.454 e. The highest BCUT2D eigenvalue weighted by atomic mass is 79.9. The fourth-order valence-electron chi connectivity index (χ4n) is 0.953. The molecule has 16 heavy (non-hydrogen) atoms. The molecule has 0 fully saturated rings. The van der Waals surface area contributed by atoms with E-state index in [0.717, 1.165) is 0 Å². The predicted octanol–water partition coefficient (Wildman–Crippen LogP) is 3.48. The quantitative estimate of drug-likeness (QED) is 0.670. The van der Waals surface area contributed by atoms with Crippen LogP contribution in [0, 0.1) is 0 Å². The van der Waals surface area contributed by atoms with Gasteiger partial charge >= 0.3 is 6.18 Å². The molecule has 0 atom stereocenters. The van der Waals surface area contributed by atoms with Crippen molar-refractivity contribution in [2.75, 3.05) is 0 Å². The van der Waals surface area contributed by atoms with Gasteiger partial charge in [0.05, 0.1) is 0 Å². The largest absolute Gasteiger partial charge is 0.507 e. The number of benzene rings is 1. The first-order valence-electron chi connectivity index (χ1n) is 4.09. The summed E-state index contributed by atoms with van der Waals surface area (Å²) in [5, 5.41) is 9.35. The zero-order valence-corrected chi connectivity index (χ0v) is 9.34. The van der Waals surface area contributed by atoms with E-state index < -0.39 is 17.7 Å². The summed E-state index contributed by atoms with van der Waals surface area (Å²) in [4.78, 5) is 10.6. The van der Waals surface area contributed by atoms with E-state index in [1.807, 2.05) is 0 Å². The van der Waals surface area contributed by atoms with Crippen molar-refractivity contribution in [3.63, 3.8) is 0 Å². The SMILES string of the molecule is O=C(C=C(O)c1ccccc1Br)C(F)(F)F. The van der Waals surface area contributed by atoms with Crippen molar-refractivity contribution >= 4 is 27.5 Å². The van der Waals surface area contributed by atoms with Crippen LogP contribution in [0.3, 0.4) is 0 Å². The van der Waals surface area contributed by atoms with E-state index in [4.69, 9.17) is 0 Å². The van der Waals surface area contributed by atoms with Crippen LogP contribution in [0.5, 0.6) is 0 Å². The molecule has 0 bridgehead atoms. The second-order valence-electron chi connectivity index (χ2n) is 2.87. The Bertz CT molecular complexity index is 438. The highest BCUT2D eigenvalue weighted by Crippen LogP contribution is 2.24. The van der Waals surface area contributed by atoms with Gasteiger partial charge in [-0.05, 0) is 6.07 Å². The lowest BCUT2D eigenvalue weighted by molar-refractivity contribution is -0.165. The number of alkyl halides is 3. The molecule has 0 heterocycles. The topological polar surface area (TPSA) is 37.3 Å². The number of aliphatic hydroxyl groups excluding tert-OH is 1. The smallest absolute Gasteiger partial charge is 0.454 e. The van der Waals surface area contributed by atoms with Gasteiger partial charge in [0.25, 0.3) is 5.78 Å². The summed E-state index contributed by atoms with van der Waals surface area (Å²) in [5.41, 5.74) is 0.125. The van der Waals surface area contributed by atoms with Crippen LogP contribution in [-0.2, 0) is 4.79 Å². The molecule has 2 nitrogen and oxygen atoms in total. The number of hydrogen-bond acceptors (Lipinski definition) is 2. The minimum Gasteiger partial charge on any atom is -0.507 e. The summed E-state index contributed by atoms with van der Waals surface area (Å²) in [6, 6.07) is 6.09. The van der Waals surface area contributed by atoms with E-state index in [2.05, 4.69) is 15.9 Å². The Morgan fingerprint density at radius 2 is 1.88 bits per heavy atom. The van der Waals surface area contributed by atoms with Gasteiger partial charge in [-0.3, -0.25) is 4.79 Å². The minimum atomic E-state index is -4.98. The molecule has 86 valence electrons. The Morgan fingerprint density at radius 1 is 1.31 bits per heavy atom. The molecule has 0 aliphatic heterocycles. The van der Waals surface area contributed by atoms with E-state index in [0.29, 0.717) is 4.47 Å². The number of halogens is 4. The van der Waals surface area contributed by atoms with Gasteiger partial charge in [0.2, 0.25) is 0 Å². The van der Waals surface area contributed by atoms with E-state index in [-0.39, 0.29) is 11.6 Å². The summed E-state index contributed by atoms with van der Waals surface area (Å²) < 4.78 is 36.1. The molecule has 1 aromatic rings. The maximum atomic E-state index is 11.9. The number of rotatable bonds is 2. The molecule has 0 spiro atoms. The van der Waals surface area contributed by atoms with Crippen LogP contribution in [0.15, 0.2) is 34.8 Å². The second kappa shape index (κ2) is 4.69. The standard InChI is InChI=1S/C10H6BrF3O2/c11-7-4-2-1-3-6(7)8(15)5-9(16)10(12,13)14/h1-5,15H. The van der Waals surface area contributed by atoms with E-state index in [9.17, 15) is 23.1 Å². The number of carbonyl (C=O) groups excluding carboxylic acids is 1. The van der Waals surface area contributed by atoms with Crippen molar-refractivity contribution in [1.82, 2.24) is 0 Å². The summed E-state index contributed by atoms with van der Waals surface area (Å²) in [6.45, 7) is 0. The van der Waals surface area contributed by atoms with Crippen LogP contribution in [0.25, 0.3) is 5.76 Å². The zero-order valence-electron chi connectivity index (χ0n) is 7.75. The summed E-state index contributed by atoms with van der Waals surface area (Å²) in [6.07, 6.45) is -4.82. The predicted molar refractivity (Wildman–Crippen MR) is 55.8 cm³/mol. The highest BCUT2D eigenvalue weighted by Gasteiger charge is 2.37. The molecule has 0 unspecified atom stereocenters.